The molecule has 1 rings (SSSR count). The van der Waals surface area contributed by atoms with Crippen LogP contribution in [0.15, 0.2) is 0 Å². The van der Waals surface area contributed by atoms with Crippen LogP contribution in [0.3, 0.4) is 0 Å². The maximum absolute atomic E-state index is 11.1. The molecule has 0 aliphatic carbocycles. The first-order valence-corrected chi connectivity index (χ1v) is 4.82. The Labute approximate surface area is 70.4 Å². The van der Waals surface area contributed by atoms with Gasteiger partial charge in [-0.1, -0.05) is 0 Å². The Hall–Kier alpha value is -0.220. The molecule has 1 unspecified atom stereocenters. The number of hydrogen-bond acceptors (Lipinski definition) is 4. The Morgan fingerprint density at radius 1 is 1.82 bits per heavy atom. The normalized spacial score (nSPS) is 24.6. The molecule has 1 heterocycles. The minimum Gasteiger partial charge on any atom is -0.466 e. The Balaban J connectivity index is 2.27. The van der Waals surface area contributed by atoms with Crippen molar-refractivity contribution >= 4 is 17.7 Å². The van der Waals surface area contributed by atoms with Gasteiger partial charge < -0.3 is 9.47 Å². The molecular weight excluding hydrogens is 164 g/mol. The Morgan fingerprint density at radius 3 is 3.18 bits per heavy atom. The zero-order chi connectivity index (χ0) is 8.10. The van der Waals surface area contributed by atoms with Gasteiger partial charge in [-0.2, -0.15) is 0 Å². The standard InChI is InChI=1S/C7H12O3S/c1-2-10-7(8)6-3-9-5-11-4-6/h6H,2-5H2,1H3. The number of esters is 1. The van der Waals surface area contributed by atoms with Crippen molar-refractivity contribution in [3.63, 3.8) is 0 Å². The molecule has 0 amide bonds. The summed E-state index contributed by atoms with van der Waals surface area (Å²) in [5, 5.41) is 0. The van der Waals surface area contributed by atoms with E-state index in [0.717, 1.165) is 5.75 Å². The number of carbonyl (C=O) groups is 1. The summed E-state index contributed by atoms with van der Waals surface area (Å²) < 4.78 is 9.96. The summed E-state index contributed by atoms with van der Waals surface area (Å²) in [4.78, 5) is 11.1. The van der Waals surface area contributed by atoms with Crippen LogP contribution in [0.25, 0.3) is 0 Å². The average molecular weight is 176 g/mol. The van der Waals surface area contributed by atoms with Gasteiger partial charge in [-0.3, -0.25) is 4.79 Å². The van der Waals surface area contributed by atoms with Gasteiger partial charge in [-0.05, 0) is 6.92 Å². The Morgan fingerprint density at radius 2 is 2.64 bits per heavy atom. The van der Waals surface area contributed by atoms with Gasteiger partial charge in [-0.15, -0.1) is 11.8 Å². The van der Waals surface area contributed by atoms with Crippen LogP contribution in [-0.4, -0.2) is 30.9 Å². The molecule has 1 atom stereocenters. The zero-order valence-corrected chi connectivity index (χ0v) is 7.36. The first-order valence-electron chi connectivity index (χ1n) is 3.66. The van der Waals surface area contributed by atoms with Crippen molar-refractivity contribution < 1.29 is 14.3 Å². The van der Waals surface area contributed by atoms with E-state index in [-0.39, 0.29) is 11.9 Å². The summed E-state index contributed by atoms with van der Waals surface area (Å²) in [5.74, 6) is 1.36. The third-order valence-electron chi connectivity index (χ3n) is 1.42. The van der Waals surface area contributed by atoms with Gasteiger partial charge in [-0.25, -0.2) is 0 Å². The van der Waals surface area contributed by atoms with Gasteiger partial charge in [0.25, 0.3) is 0 Å². The van der Waals surface area contributed by atoms with Crippen LogP contribution in [0.1, 0.15) is 6.92 Å². The van der Waals surface area contributed by atoms with Crippen LogP contribution >= 0.6 is 11.8 Å². The Bertz CT molecular complexity index is 132. The molecule has 0 radical (unpaired) electrons. The second-order valence-electron chi connectivity index (χ2n) is 2.31. The molecule has 0 saturated carbocycles. The van der Waals surface area contributed by atoms with Gasteiger partial charge in [0.1, 0.15) is 0 Å². The van der Waals surface area contributed by atoms with Crippen LogP contribution in [0.4, 0.5) is 0 Å². The predicted molar refractivity (Wildman–Crippen MR) is 43.4 cm³/mol. The summed E-state index contributed by atoms with van der Waals surface area (Å²) in [6.45, 7) is 2.79. The van der Waals surface area contributed by atoms with Crippen molar-refractivity contribution in [2.75, 3.05) is 24.9 Å². The van der Waals surface area contributed by atoms with E-state index in [1.54, 1.807) is 11.8 Å². The second kappa shape index (κ2) is 4.62. The monoisotopic (exact) mass is 176 g/mol. The fraction of sp³-hybridized carbons (Fsp3) is 0.857. The number of thioether (sulfide) groups is 1. The first-order chi connectivity index (χ1) is 5.34. The third kappa shape index (κ3) is 2.71. The maximum atomic E-state index is 11.1. The molecular formula is C7H12O3S. The molecule has 0 bridgehead atoms. The second-order valence-corrected chi connectivity index (χ2v) is 3.29. The topological polar surface area (TPSA) is 35.5 Å². The van der Waals surface area contributed by atoms with Gasteiger partial charge in [0.2, 0.25) is 0 Å². The van der Waals surface area contributed by atoms with Crippen molar-refractivity contribution in [1.29, 1.82) is 0 Å². The molecule has 0 aromatic heterocycles. The lowest BCUT2D eigenvalue weighted by Gasteiger charge is -2.19. The highest BCUT2D eigenvalue weighted by molar-refractivity contribution is 7.99. The first kappa shape index (κ1) is 8.87. The highest BCUT2D eigenvalue weighted by Crippen LogP contribution is 2.17. The van der Waals surface area contributed by atoms with E-state index in [4.69, 9.17) is 9.47 Å². The molecule has 0 spiro atoms. The van der Waals surface area contributed by atoms with Gasteiger partial charge in [0, 0.05) is 5.75 Å². The minimum absolute atomic E-state index is 0.0475. The lowest BCUT2D eigenvalue weighted by molar-refractivity contribution is -0.149. The van der Waals surface area contributed by atoms with E-state index in [0.29, 0.717) is 19.2 Å². The highest BCUT2D eigenvalue weighted by atomic mass is 32.2. The fourth-order valence-corrected chi connectivity index (χ4v) is 1.71. The van der Waals surface area contributed by atoms with Crippen molar-refractivity contribution in [1.82, 2.24) is 0 Å². The van der Waals surface area contributed by atoms with Crippen LogP contribution < -0.4 is 0 Å². The van der Waals surface area contributed by atoms with Crippen molar-refractivity contribution in [3.05, 3.63) is 0 Å². The molecule has 0 aromatic rings. The molecule has 1 aliphatic heterocycles. The third-order valence-corrected chi connectivity index (χ3v) is 2.40. The van der Waals surface area contributed by atoms with Crippen LogP contribution in [0, 0.1) is 5.92 Å². The number of rotatable bonds is 2. The van der Waals surface area contributed by atoms with Gasteiger partial charge in [0.05, 0.1) is 25.1 Å². The van der Waals surface area contributed by atoms with E-state index in [9.17, 15) is 4.79 Å². The number of hydrogen-bond donors (Lipinski definition) is 0. The molecule has 1 aliphatic rings. The summed E-state index contributed by atoms with van der Waals surface area (Å²) in [7, 11) is 0. The van der Waals surface area contributed by atoms with Crippen LogP contribution in [0.2, 0.25) is 0 Å². The van der Waals surface area contributed by atoms with Crippen molar-refractivity contribution in [3.8, 4) is 0 Å². The number of carbonyl (C=O) groups excluding carboxylic acids is 1. The van der Waals surface area contributed by atoms with Crippen molar-refractivity contribution in [2.24, 2.45) is 5.92 Å². The molecule has 0 aromatic carbocycles. The summed E-state index contributed by atoms with van der Waals surface area (Å²) in [6, 6.07) is 0. The average Bonchev–Trinajstić information content (AvgIpc) is 2.07. The van der Waals surface area contributed by atoms with E-state index in [2.05, 4.69) is 0 Å². The Kier molecular flexibility index (Phi) is 3.72. The van der Waals surface area contributed by atoms with E-state index >= 15 is 0 Å². The quantitative estimate of drug-likeness (QED) is 0.585. The molecule has 11 heavy (non-hydrogen) atoms. The largest absolute Gasteiger partial charge is 0.466 e. The smallest absolute Gasteiger partial charge is 0.312 e. The highest BCUT2D eigenvalue weighted by Gasteiger charge is 2.22. The molecule has 0 N–H and O–H groups in total. The van der Waals surface area contributed by atoms with Gasteiger partial charge in [0.15, 0.2) is 0 Å². The van der Waals surface area contributed by atoms with Crippen molar-refractivity contribution in [2.45, 2.75) is 6.92 Å². The minimum atomic E-state index is -0.125. The zero-order valence-electron chi connectivity index (χ0n) is 6.54. The maximum Gasteiger partial charge on any atom is 0.312 e. The molecule has 3 nitrogen and oxygen atoms in total. The molecule has 4 heteroatoms. The van der Waals surface area contributed by atoms with E-state index in [1.165, 1.54) is 0 Å². The predicted octanol–water partition coefficient (Wildman–Crippen LogP) is 0.887. The van der Waals surface area contributed by atoms with Crippen LogP contribution in [-0.2, 0) is 14.3 Å². The van der Waals surface area contributed by atoms with Crippen LogP contribution in [0.5, 0.6) is 0 Å². The fourth-order valence-electron chi connectivity index (χ4n) is 0.884. The molecule has 1 fully saturated rings. The molecule has 1 saturated heterocycles. The summed E-state index contributed by atoms with van der Waals surface area (Å²) in [5.41, 5.74) is 0. The van der Waals surface area contributed by atoms with E-state index in [1.807, 2.05) is 6.92 Å². The lowest BCUT2D eigenvalue weighted by atomic mass is 10.2. The summed E-state index contributed by atoms with van der Waals surface area (Å²) >= 11 is 1.63. The molecule has 64 valence electrons. The number of ether oxygens (including phenoxy) is 2. The summed E-state index contributed by atoms with van der Waals surface area (Å²) in [6.07, 6.45) is 0. The van der Waals surface area contributed by atoms with Gasteiger partial charge >= 0.3 is 5.97 Å². The lowest BCUT2D eigenvalue weighted by Crippen LogP contribution is -2.28. The van der Waals surface area contributed by atoms with E-state index < -0.39 is 0 Å². The SMILES string of the molecule is CCOC(=O)C1COCSC1.